The number of hydrogen-bond acceptors (Lipinski definition) is 2. The van der Waals surface area contributed by atoms with Crippen molar-refractivity contribution in [3.8, 4) is 0 Å². The lowest BCUT2D eigenvalue weighted by atomic mass is 10.1. The monoisotopic (exact) mass is 208 g/mol. The zero-order chi connectivity index (χ0) is 10.8. The minimum atomic E-state index is -0.388. The van der Waals surface area contributed by atoms with Gasteiger partial charge < -0.3 is 4.90 Å². The third-order valence-corrected chi connectivity index (χ3v) is 3.27. The first-order valence-electron chi connectivity index (χ1n) is 5.62. The molecule has 0 aliphatic carbocycles. The molecule has 0 aromatic carbocycles. The molecular weight excluding hydrogens is 191 g/mol. The van der Waals surface area contributed by atoms with E-state index in [2.05, 4.69) is 23.7 Å². The van der Waals surface area contributed by atoms with Crippen LogP contribution in [0.1, 0.15) is 33.1 Å². The maximum atomic E-state index is 13.0. The maximum absolute atomic E-state index is 13.0. The molecule has 2 unspecified atom stereocenters. The number of nitrogens with zero attached hydrogens (tertiary/aromatic N) is 2. The molecule has 2 nitrogen and oxygen atoms in total. The van der Waals surface area contributed by atoms with Crippen molar-refractivity contribution in [2.45, 2.75) is 45.2 Å². The van der Waals surface area contributed by atoms with Crippen molar-refractivity contribution in [3.05, 3.63) is 24.3 Å². The molecule has 0 spiro atoms. The summed E-state index contributed by atoms with van der Waals surface area (Å²) in [7, 11) is 0. The molecule has 2 rings (SSSR count). The van der Waals surface area contributed by atoms with Crippen molar-refractivity contribution in [3.63, 3.8) is 0 Å². The minimum Gasteiger partial charge on any atom is -0.366 e. The molecule has 1 fully saturated rings. The average molecular weight is 208 g/mol. The number of pyridine rings is 1. The summed E-state index contributed by atoms with van der Waals surface area (Å²) in [5, 5.41) is 0. The first kappa shape index (κ1) is 10.4. The standard InChI is InChI=1S/C12H17FN2/c1-3-10-5-4-9(2)15(10)11-6-7-14-12(13)8-11/h6-10H,3-5H2,1-2H3. The van der Waals surface area contributed by atoms with Gasteiger partial charge in [-0.3, -0.25) is 0 Å². The second-order valence-corrected chi connectivity index (χ2v) is 4.23. The van der Waals surface area contributed by atoms with Crippen LogP contribution in [0, 0.1) is 5.95 Å². The van der Waals surface area contributed by atoms with Crippen LogP contribution in [0.15, 0.2) is 18.3 Å². The van der Waals surface area contributed by atoms with Crippen LogP contribution >= 0.6 is 0 Å². The zero-order valence-corrected chi connectivity index (χ0v) is 9.28. The van der Waals surface area contributed by atoms with Gasteiger partial charge in [0.1, 0.15) is 0 Å². The number of aromatic nitrogens is 1. The van der Waals surface area contributed by atoms with E-state index in [0.29, 0.717) is 12.1 Å². The topological polar surface area (TPSA) is 16.1 Å². The number of hydrogen-bond donors (Lipinski definition) is 0. The van der Waals surface area contributed by atoms with Crippen LogP contribution in [0.25, 0.3) is 0 Å². The van der Waals surface area contributed by atoms with Crippen LogP contribution in [0.4, 0.5) is 10.1 Å². The Hall–Kier alpha value is -1.12. The molecule has 0 radical (unpaired) electrons. The quantitative estimate of drug-likeness (QED) is 0.694. The first-order chi connectivity index (χ1) is 7.22. The van der Waals surface area contributed by atoms with Gasteiger partial charge in [-0.25, -0.2) is 4.98 Å². The minimum absolute atomic E-state index is 0.388. The van der Waals surface area contributed by atoms with Crippen molar-refractivity contribution in [2.75, 3.05) is 4.90 Å². The summed E-state index contributed by atoms with van der Waals surface area (Å²) in [6, 6.07) is 4.50. The fourth-order valence-corrected chi connectivity index (χ4v) is 2.49. The van der Waals surface area contributed by atoms with Gasteiger partial charge in [-0.2, -0.15) is 4.39 Å². The van der Waals surface area contributed by atoms with Gasteiger partial charge in [0.2, 0.25) is 5.95 Å². The summed E-state index contributed by atoms with van der Waals surface area (Å²) in [6.45, 7) is 4.39. The summed E-state index contributed by atoms with van der Waals surface area (Å²) in [6.07, 6.45) is 5.07. The lowest BCUT2D eigenvalue weighted by Crippen LogP contribution is -2.34. The molecule has 2 atom stereocenters. The van der Waals surface area contributed by atoms with Gasteiger partial charge in [-0.15, -0.1) is 0 Å². The van der Waals surface area contributed by atoms with E-state index < -0.39 is 0 Å². The third-order valence-electron chi connectivity index (χ3n) is 3.27. The first-order valence-corrected chi connectivity index (χ1v) is 5.62. The molecule has 3 heteroatoms. The van der Waals surface area contributed by atoms with Gasteiger partial charge in [0.05, 0.1) is 0 Å². The van der Waals surface area contributed by atoms with Gasteiger partial charge in [0.15, 0.2) is 0 Å². The summed E-state index contributed by atoms with van der Waals surface area (Å²) in [5.74, 6) is -0.388. The molecule has 82 valence electrons. The van der Waals surface area contributed by atoms with Crippen LogP contribution in [0.5, 0.6) is 0 Å². The van der Waals surface area contributed by atoms with Crippen LogP contribution < -0.4 is 4.90 Å². The second-order valence-electron chi connectivity index (χ2n) is 4.23. The van der Waals surface area contributed by atoms with Crippen molar-refractivity contribution >= 4 is 5.69 Å². The Morgan fingerprint density at radius 1 is 1.53 bits per heavy atom. The van der Waals surface area contributed by atoms with Crippen molar-refractivity contribution in [1.29, 1.82) is 0 Å². The predicted octanol–water partition coefficient (Wildman–Crippen LogP) is 2.99. The summed E-state index contributed by atoms with van der Waals surface area (Å²) in [4.78, 5) is 5.92. The van der Waals surface area contributed by atoms with Gasteiger partial charge >= 0.3 is 0 Å². The van der Waals surface area contributed by atoms with Gasteiger partial charge in [-0.1, -0.05) is 6.92 Å². The molecule has 0 N–H and O–H groups in total. The Morgan fingerprint density at radius 3 is 3.00 bits per heavy atom. The molecule has 15 heavy (non-hydrogen) atoms. The fourth-order valence-electron chi connectivity index (χ4n) is 2.49. The Kier molecular flexibility index (Phi) is 2.89. The zero-order valence-electron chi connectivity index (χ0n) is 9.28. The van der Waals surface area contributed by atoms with E-state index in [9.17, 15) is 4.39 Å². The van der Waals surface area contributed by atoms with E-state index >= 15 is 0 Å². The van der Waals surface area contributed by atoms with Crippen LogP contribution in [0.3, 0.4) is 0 Å². The summed E-state index contributed by atoms with van der Waals surface area (Å²) >= 11 is 0. The normalized spacial score (nSPS) is 25.9. The van der Waals surface area contributed by atoms with Crippen LogP contribution in [0.2, 0.25) is 0 Å². The highest BCUT2D eigenvalue weighted by molar-refractivity contribution is 5.48. The molecular formula is C12H17FN2. The fraction of sp³-hybridized carbons (Fsp3) is 0.583. The van der Waals surface area contributed by atoms with E-state index in [4.69, 9.17) is 0 Å². The SMILES string of the molecule is CCC1CCC(C)N1c1ccnc(F)c1. The smallest absolute Gasteiger partial charge is 0.214 e. The van der Waals surface area contributed by atoms with Crippen molar-refractivity contribution < 1.29 is 4.39 Å². The van der Waals surface area contributed by atoms with Crippen molar-refractivity contribution in [2.24, 2.45) is 0 Å². The molecule has 1 aromatic rings. The number of anilines is 1. The molecule has 0 saturated carbocycles. The van der Waals surface area contributed by atoms with Crippen LogP contribution in [-0.2, 0) is 0 Å². The number of rotatable bonds is 2. The highest BCUT2D eigenvalue weighted by atomic mass is 19.1. The molecule has 1 aromatic heterocycles. The molecule has 0 amide bonds. The van der Waals surface area contributed by atoms with E-state index in [1.807, 2.05) is 6.07 Å². The highest BCUT2D eigenvalue weighted by Gasteiger charge is 2.29. The lowest BCUT2D eigenvalue weighted by Gasteiger charge is -2.30. The Balaban J connectivity index is 2.28. The average Bonchev–Trinajstić information content (AvgIpc) is 2.59. The largest absolute Gasteiger partial charge is 0.366 e. The molecule has 1 saturated heterocycles. The number of halogens is 1. The van der Waals surface area contributed by atoms with E-state index in [1.54, 1.807) is 6.20 Å². The Morgan fingerprint density at radius 2 is 2.33 bits per heavy atom. The lowest BCUT2D eigenvalue weighted by molar-refractivity contribution is 0.577. The molecule has 0 bridgehead atoms. The van der Waals surface area contributed by atoms with Crippen molar-refractivity contribution in [1.82, 2.24) is 4.98 Å². The second kappa shape index (κ2) is 4.17. The molecule has 2 heterocycles. The van der Waals surface area contributed by atoms with E-state index in [1.165, 1.54) is 18.9 Å². The van der Waals surface area contributed by atoms with Crippen LogP contribution in [-0.4, -0.2) is 17.1 Å². The maximum Gasteiger partial charge on any atom is 0.214 e. The molecule has 1 aliphatic rings. The van der Waals surface area contributed by atoms with E-state index in [-0.39, 0.29) is 5.95 Å². The third kappa shape index (κ3) is 1.96. The summed E-state index contributed by atoms with van der Waals surface area (Å²) in [5.41, 5.74) is 0.972. The highest BCUT2D eigenvalue weighted by Crippen LogP contribution is 2.31. The van der Waals surface area contributed by atoms with Gasteiger partial charge in [0.25, 0.3) is 0 Å². The molecule has 1 aliphatic heterocycles. The van der Waals surface area contributed by atoms with Gasteiger partial charge in [0, 0.05) is 30.0 Å². The Labute approximate surface area is 90.1 Å². The van der Waals surface area contributed by atoms with E-state index in [0.717, 1.165) is 12.1 Å². The van der Waals surface area contributed by atoms with Gasteiger partial charge in [-0.05, 0) is 32.3 Å². The Bertz CT molecular complexity index is 340. The predicted molar refractivity (Wildman–Crippen MR) is 59.4 cm³/mol. The summed E-state index contributed by atoms with van der Waals surface area (Å²) < 4.78 is 13.0.